The molecule has 0 spiro atoms. The molecule has 0 bridgehead atoms. The zero-order valence-electron chi connectivity index (χ0n) is 22.3. The Morgan fingerprint density at radius 1 is 0.950 bits per heavy atom. The van der Waals surface area contributed by atoms with Crippen LogP contribution >= 0.6 is 0 Å². The van der Waals surface area contributed by atoms with E-state index in [9.17, 15) is 34.2 Å². The van der Waals surface area contributed by atoms with Crippen LogP contribution in [-0.2, 0) is 36.8 Å². The zero-order valence-corrected chi connectivity index (χ0v) is 22.3. The van der Waals surface area contributed by atoms with Crippen LogP contribution in [0.3, 0.4) is 0 Å². The molecular formula is C26H36N6O8. The quantitative estimate of drug-likeness (QED) is 0.133. The lowest BCUT2D eigenvalue weighted by Crippen LogP contribution is -2.58. The summed E-state index contributed by atoms with van der Waals surface area (Å²) in [6.07, 6.45) is 2.70. The molecule has 0 saturated heterocycles. The van der Waals surface area contributed by atoms with Crippen molar-refractivity contribution in [3.63, 3.8) is 0 Å². The first-order chi connectivity index (χ1) is 18.9. The average molecular weight is 561 g/mol. The van der Waals surface area contributed by atoms with Gasteiger partial charge in [0.15, 0.2) is 0 Å². The number of rotatable bonds is 16. The molecule has 40 heavy (non-hydrogen) atoms. The number of amides is 3. The van der Waals surface area contributed by atoms with Crippen molar-refractivity contribution in [2.75, 3.05) is 0 Å². The van der Waals surface area contributed by atoms with Crippen LogP contribution in [0.2, 0.25) is 0 Å². The van der Waals surface area contributed by atoms with Crippen molar-refractivity contribution in [2.45, 2.75) is 70.1 Å². The van der Waals surface area contributed by atoms with Gasteiger partial charge in [0.1, 0.15) is 23.9 Å². The van der Waals surface area contributed by atoms with Gasteiger partial charge >= 0.3 is 11.9 Å². The van der Waals surface area contributed by atoms with Crippen molar-refractivity contribution in [1.82, 2.24) is 25.9 Å². The molecule has 9 N–H and O–H groups in total. The maximum Gasteiger partial charge on any atom is 0.326 e. The van der Waals surface area contributed by atoms with Crippen molar-refractivity contribution < 1.29 is 39.3 Å². The molecule has 14 nitrogen and oxygen atoms in total. The van der Waals surface area contributed by atoms with Crippen molar-refractivity contribution in [3.05, 3.63) is 48.0 Å². The number of aromatic nitrogens is 2. The monoisotopic (exact) mass is 560 g/mol. The fourth-order valence-electron chi connectivity index (χ4n) is 3.80. The summed E-state index contributed by atoms with van der Waals surface area (Å²) in [5.74, 6) is -5.03. The van der Waals surface area contributed by atoms with E-state index in [4.69, 9.17) is 10.8 Å². The molecule has 218 valence electrons. The van der Waals surface area contributed by atoms with Crippen LogP contribution in [0.15, 0.2) is 36.8 Å². The van der Waals surface area contributed by atoms with Gasteiger partial charge in [0.2, 0.25) is 17.7 Å². The summed E-state index contributed by atoms with van der Waals surface area (Å²) in [6, 6.07) is 1.04. The lowest BCUT2D eigenvalue weighted by atomic mass is 9.98. The number of benzene rings is 1. The van der Waals surface area contributed by atoms with Gasteiger partial charge in [0.25, 0.3) is 0 Å². The van der Waals surface area contributed by atoms with E-state index in [2.05, 4.69) is 25.9 Å². The number of aliphatic carboxylic acids is 2. The summed E-state index contributed by atoms with van der Waals surface area (Å²) < 4.78 is 0. The molecule has 0 fully saturated rings. The highest BCUT2D eigenvalue weighted by Gasteiger charge is 2.32. The minimum absolute atomic E-state index is 0.00179. The number of hydrogen-bond donors (Lipinski definition) is 8. The second-order valence-electron chi connectivity index (χ2n) is 9.52. The van der Waals surface area contributed by atoms with Gasteiger partial charge < -0.3 is 42.0 Å². The summed E-state index contributed by atoms with van der Waals surface area (Å²) >= 11 is 0. The van der Waals surface area contributed by atoms with E-state index in [0.29, 0.717) is 17.7 Å². The molecule has 0 aliphatic heterocycles. The first-order valence-electron chi connectivity index (χ1n) is 12.8. The van der Waals surface area contributed by atoms with E-state index in [-0.39, 0.29) is 31.4 Å². The highest BCUT2D eigenvalue weighted by atomic mass is 16.4. The maximum atomic E-state index is 13.4. The predicted octanol–water partition coefficient (Wildman–Crippen LogP) is -0.322. The van der Waals surface area contributed by atoms with E-state index in [1.54, 1.807) is 26.0 Å². The zero-order chi connectivity index (χ0) is 29.8. The Kier molecular flexibility index (Phi) is 12.1. The summed E-state index contributed by atoms with van der Waals surface area (Å²) in [4.78, 5) is 68.8. The van der Waals surface area contributed by atoms with Crippen molar-refractivity contribution in [3.8, 4) is 5.75 Å². The van der Waals surface area contributed by atoms with E-state index in [0.717, 1.165) is 0 Å². The molecule has 1 aromatic heterocycles. The minimum Gasteiger partial charge on any atom is -0.508 e. The summed E-state index contributed by atoms with van der Waals surface area (Å²) in [7, 11) is 0. The van der Waals surface area contributed by atoms with Gasteiger partial charge in [-0.05, 0) is 30.0 Å². The van der Waals surface area contributed by atoms with Crippen LogP contribution in [0, 0.1) is 5.92 Å². The summed E-state index contributed by atoms with van der Waals surface area (Å²) in [5, 5.41) is 35.7. The Bertz CT molecular complexity index is 1150. The highest BCUT2D eigenvalue weighted by molar-refractivity contribution is 5.94. The summed E-state index contributed by atoms with van der Waals surface area (Å²) in [6.45, 7) is 3.46. The minimum atomic E-state index is -1.25. The third kappa shape index (κ3) is 10.0. The van der Waals surface area contributed by atoms with Gasteiger partial charge in [0.05, 0.1) is 12.4 Å². The van der Waals surface area contributed by atoms with E-state index < -0.39 is 59.7 Å². The number of aromatic amines is 1. The third-order valence-electron chi connectivity index (χ3n) is 6.40. The molecule has 2 rings (SSSR count). The number of H-pyrrole nitrogens is 1. The number of phenolic OH excluding ortho intramolecular Hbond substituents is 1. The molecule has 1 heterocycles. The van der Waals surface area contributed by atoms with Crippen LogP contribution in [-0.4, -0.2) is 79.1 Å². The average Bonchev–Trinajstić information content (AvgIpc) is 3.43. The number of aromatic hydroxyl groups is 1. The molecular weight excluding hydrogens is 524 g/mol. The number of carbonyl (C=O) groups excluding carboxylic acids is 3. The van der Waals surface area contributed by atoms with E-state index >= 15 is 0 Å². The number of carboxylic acids is 2. The number of imidazole rings is 1. The van der Waals surface area contributed by atoms with Gasteiger partial charge in [-0.2, -0.15) is 0 Å². The number of phenols is 1. The van der Waals surface area contributed by atoms with Crippen molar-refractivity contribution >= 4 is 29.7 Å². The Morgan fingerprint density at radius 2 is 1.55 bits per heavy atom. The van der Waals surface area contributed by atoms with Gasteiger partial charge in [-0.3, -0.25) is 19.2 Å². The molecule has 14 heteroatoms. The van der Waals surface area contributed by atoms with Gasteiger partial charge in [-0.15, -0.1) is 0 Å². The van der Waals surface area contributed by atoms with E-state index in [1.807, 2.05) is 0 Å². The Balaban J connectivity index is 2.29. The van der Waals surface area contributed by atoms with Crippen LogP contribution in [0.1, 0.15) is 44.4 Å². The molecule has 0 aliphatic rings. The molecule has 5 unspecified atom stereocenters. The lowest BCUT2D eigenvalue weighted by Gasteiger charge is -2.26. The Hall–Kier alpha value is -4.46. The highest BCUT2D eigenvalue weighted by Crippen LogP contribution is 2.13. The maximum absolute atomic E-state index is 13.4. The van der Waals surface area contributed by atoms with Crippen LogP contribution < -0.4 is 21.7 Å². The Labute approximate surface area is 230 Å². The third-order valence-corrected chi connectivity index (χ3v) is 6.40. The first-order valence-corrected chi connectivity index (χ1v) is 12.8. The second-order valence-corrected chi connectivity index (χ2v) is 9.52. The van der Waals surface area contributed by atoms with Crippen LogP contribution in [0.25, 0.3) is 0 Å². The number of carbonyl (C=O) groups is 5. The fraction of sp³-hybridized carbons (Fsp3) is 0.462. The smallest absolute Gasteiger partial charge is 0.326 e. The molecule has 3 amide bonds. The van der Waals surface area contributed by atoms with Gasteiger partial charge in [-0.25, -0.2) is 9.78 Å². The van der Waals surface area contributed by atoms with Crippen LogP contribution in [0.4, 0.5) is 0 Å². The summed E-state index contributed by atoms with van der Waals surface area (Å²) in [5.41, 5.74) is 6.86. The molecule has 2 aromatic rings. The number of nitrogens with one attached hydrogen (secondary N) is 4. The molecule has 0 saturated carbocycles. The molecule has 5 atom stereocenters. The number of carboxylic acid groups (broad SMARTS) is 2. The van der Waals surface area contributed by atoms with Crippen LogP contribution in [0.5, 0.6) is 5.75 Å². The Morgan fingerprint density at radius 3 is 2.10 bits per heavy atom. The van der Waals surface area contributed by atoms with Crippen molar-refractivity contribution in [1.29, 1.82) is 0 Å². The number of hydrogen-bond acceptors (Lipinski definition) is 8. The first kappa shape index (κ1) is 31.8. The SMILES string of the molecule is CCC(C)C(NC(=O)C(Cc1ccc(O)cc1)NC(=O)C(Cc1cnc[nH]1)NC(=O)C(N)CCC(=O)O)C(=O)O. The van der Waals surface area contributed by atoms with E-state index in [1.165, 1.54) is 24.7 Å². The largest absolute Gasteiger partial charge is 0.508 e. The molecule has 0 radical (unpaired) electrons. The van der Waals surface area contributed by atoms with Crippen molar-refractivity contribution in [2.24, 2.45) is 11.7 Å². The van der Waals surface area contributed by atoms with Gasteiger partial charge in [-0.1, -0.05) is 32.4 Å². The predicted molar refractivity (Wildman–Crippen MR) is 142 cm³/mol. The topological polar surface area (TPSA) is 237 Å². The molecule has 1 aromatic carbocycles. The normalized spacial score (nSPS) is 14.7. The fourth-order valence-corrected chi connectivity index (χ4v) is 3.80. The van der Waals surface area contributed by atoms with Gasteiger partial charge in [0, 0.05) is 31.2 Å². The molecule has 0 aliphatic carbocycles. The second kappa shape index (κ2) is 15.2. The number of nitrogens with zero attached hydrogens (tertiary/aromatic N) is 1. The standard InChI is InChI=1S/C26H36N6O8/c1-3-14(2)22(26(39)40)32-25(38)19(10-15-4-6-17(33)7-5-15)31-24(37)20(11-16-12-28-13-29-16)30-23(36)18(27)8-9-21(34)35/h4-7,12-14,18-20,22,33H,3,8-11,27H2,1-2H3,(H,28,29)(H,30,36)(H,31,37)(H,32,38)(H,34,35)(H,39,40). The lowest BCUT2D eigenvalue weighted by molar-refractivity contribution is -0.144. The number of nitrogens with two attached hydrogens (primary N) is 1.